The Morgan fingerprint density at radius 3 is 2.30 bits per heavy atom. The fourth-order valence-corrected chi connectivity index (χ4v) is 4.17. The zero-order valence-corrected chi connectivity index (χ0v) is 17.8. The van der Waals surface area contributed by atoms with Crippen LogP contribution >= 0.6 is 0 Å². The molecule has 152 valence electrons. The van der Waals surface area contributed by atoms with E-state index in [1.165, 1.54) is 27.6 Å². The number of carbonyl (C=O) groups excluding carboxylic acids is 1. The molecule has 1 N–H and O–H groups in total. The zero-order chi connectivity index (χ0) is 21.1. The summed E-state index contributed by atoms with van der Waals surface area (Å²) in [6.45, 7) is 4.12. The first kappa shape index (κ1) is 20.0. The lowest BCUT2D eigenvalue weighted by Gasteiger charge is -2.20. The first-order valence-corrected chi connectivity index (χ1v) is 10.5. The Hall–Kier alpha value is -3.33. The van der Waals surface area contributed by atoms with Gasteiger partial charge in [-0.15, -0.1) is 0 Å². The summed E-state index contributed by atoms with van der Waals surface area (Å²) >= 11 is 0. The van der Waals surface area contributed by atoms with Crippen molar-refractivity contribution >= 4 is 16.8 Å². The molecule has 0 aliphatic carbocycles. The van der Waals surface area contributed by atoms with Gasteiger partial charge in [0, 0.05) is 36.5 Å². The number of nitrogens with one attached hydrogen (secondary N) is 1. The normalized spacial score (nSPS) is 13.2. The van der Waals surface area contributed by atoms with Gasteiger partial charge in [0.1, 0.15) is 0 Å². The van der Waals surface area contributed by atoms with Crippen molar-refractivity contribution in [1.29, 1.82) is 0 Å². The van der Waals surface area contributed by atoms with Crippen molar-refractivity contribution < 1.29 is 4.79 Å². The molecule has 3 heteroatoms. The molecule has 0 spiro atoms. The SMILES string of the molecule is Cc1ccc([C@H](CC(=O)N[C@H](C)c2ccccc2)c2cn(C)c3ccccc23)cc1. The van der Waals surface area contributed by atoms with Gasteiger partial charge < -0.3 is 9.88 Å². The van der Waals surface area contributed by atoms with E-state index >= 15 is 0 Å². The highest BCUT2D eigenvalue weighted by Gasteiger charge is 2.23. The van der Waals surface area contributed by atoms with Gasteiger partial charge in [-0.2, -0.15) is 0 Å². The molecule has 0 saturated heterocycles. The van der Waals surface area contributed by atoms with Crippen molar-refractivity contribution in [3.63, 3.8) is 0 Å². The van der Waals surface area contributed by atoms with Gasteiger partial charge in [0.2, 0.25) is 5.91 Å². The van der Waals surface area contributed by atoms with Crippen molar-refractivity contribution in [2.75, 3.05) is 0 Å². The number of hydrogen-bond acceptors (Lipinski definition) is 1. The Kier molecular flexibility index (Phi) is 5.71. The van der Waals surface area contributed by atoms with Crippen LogP contribution in [0.5, 0.6) is 0 Å². The van der Waals surface area contributed by atoms with Gasteiger partial charge >= 0.3 is 0 Å². The molecule has 0 saturated carbocycles. The molecular formula is C27H28N2O. The maximum absolute atomic E-state index is 13.1. The van der Waals surface area contributed by atoms with Crippen LogP contribution in [0.15, 0.2) is 85.1 Å². The number of hydrogen-bond donors (Lipinski definition) is 1. The van der Waals surface area contributed by atoms with Crippen molar-refractivity contribution in [1.82, 2.24) is 9.88 Å². The number of benzene rings is 3. The quantitative estimate of drug-likeness (QED) is 0.433. The Balaban J connectivity index is 1.66. The van der Waals surface area contributed by atoms with Gasteiger partial charge in [-0.1, -0.05) is 78.4 Å². The molecule has 1 amide bonds. The van der Waals surface area contributed by atoms with Crippen LogP contribution in [0.3, 0.4) is 0 Å². The zero-order valence-electron chi connectivity index (χ0n) is 17.8. The molecule has 4 rings (SSSR count). The number of rotatable bonds is 6. The van der Waals surface area contributed by atoms with Crippen LogP contribution in [-0.4, -0.2) is 10.5 Å². The molecule has 3 aromatic carbocycles. The average molecular weight is 397 g/mol. The third-order valence-corrected chi connectivity index (χ3v) is 5.85. The maximum atomic E-state index is 13.1. The summed E-state index contributed by atoms with van der Waals surface area (Å²) < 4.78 is 2.15. The minimum absolute atomic E-state index is 0.000302. The Bertz CT molecular complexity index is 1140. The summed E-state index contributed by atoms with van der Waals surface area (Å²) in [6.07, 6.45) is 2.58. The second kappa shape index (κ2) is 8.58. The van der Waals surface area contributed by atoms with E-state index in [0.717, 1.165) is 5.56 Å². The Labute approximate surface area is 178 Å². The minimum Gasteiger partial charge on any atom is -0.350 e. The van der Waals surface area contributed by atoms with E-state index in [9.17, 15) is 4.79 Å². The summed E-state index contributed by atoms with van der Waals surface area (Å²) in [7, 11) is 2.07. The number of amides is 1. The van der Waals surface area contributed by atoms with Crippen LogP contribution in [0.4, 0.5) is 0 Å². The number of para-hydroxylation sites is 1. The fourth-order valence-electron chi connectivity index (χ4n) is 4.17. The largest absolute Gasteiger partial charge is 0.350 e. The summed E-state index contributed by atoms with van der Waals surface area (Å²) in [4.78, 5) is 13.1. The second-order valence-corrected chi connectivity index (χ2v) is 8.08. The number of aromatic nitrogens is 1. The third kappa shape index (κ3) is 4.16. The molecule has 1 aromatic heterocycles. The van der Waals surface area contributed by atoms with Gasteiger partial charge in [0.15, 0.2) is 0 Å². The monoisotopic (exact) mass is 396 g/mol. The molecule has 30 heavy (non-hydrogen) atoms. The first-order chi connectivity index (χ1) is 14.5. The second-order valence-electron chi connectivity index (χ2n) is 8.08. The number of carbonyl (C=O) groups is 1. The lowest BCUT2D eigenvalue weighted by atomic mass is 9.87. The van der Waals surface area contributed by atoms with Crippen molar-refractivity contribution in [3.8, 4) is 0 Å². The van der Waals surface area contributed by atoms with E-state index in [0.29, 0.717) is 6.42 Å². The highest BCUT2D eigenvalue weighted by molar-refractivity contribution is 5.86. The van der Waals surface area contributed by atoms with Crippen molar-refractivity contribution in [2.24, 2.45) is 7.05 Å². The molecule has 2 atom stereocenters. The van der Waals surface area contributed by atoms with E-state index in [1.807, 2.05) is 37.3 Å². The predicted octanol–water partition coefficient (Wildman–Crippen LogP) is 5.89. The number of nitrogens with zero attached hydrogens (tertiary/aromatic N) is 1. The standard InChI is InChI=1S/C27H28N2O/c1-19-13-15-22(16-14-19)24(25-18-29(3)26-12-8-7-11-23(25)26)17-27(30)28-20(2)21-9-5-4-6-10-21/h4-16,18,20,24H,17H2,1-3H3,(H,28,30)/t20-,24+/m1/s1. The summed E-state index contributed by atoms with van der Waals surface area (Å²) in [6, 6.07) is 27.0. The average Bonchev–Trinajstić information content (AvgIpc) is 3.10. The molecule has 0 bridgehead atoms. The van der Waals surface area contributed by atoms with E-state index in [1.54, 1.807) is 0 Å². The molecule has 4 aromatic rings. The van der Waals surface area contributed by atoms with E-state index in [2.05, 4.69) is 78.6 Å². The number of aryl methyl sites for hydroxylation is 2. The van der Waals surface area contributed by atoms with Crippen LogP contribution in [-0.2, 0) is 11.8 Å². The molecule has 0 unspecified atom stereocenters. The van der Waals surface area contributed by atoms with Gasteiger partial charge in [-0.05, 0) is 36.6 Å². The highest BCUT2D eigenvalue weighted by Crippen LogP contribution is 2.34. The predicted molar refractivity (Wildman–Crippen MR) is 124 cm³/mol. The molecule has 1 heterocycles. The van der Waals surface area contributed by atoms with E-state index in [4.69, 9.17) is 0 Å². The van der Waals surface area contributed by atoms with Gasteiger partial charge in [0.25, 0.3) is 0 Å². The summed E-state index contributed by atoms with van der Waals surface area (Å²) in [5, 5.41) is 4.39. The van der Waals surface area contributed by atoms with Gasteiger partial charge in [-0.3, -0.25) is 4.79 Å². The van der Waals surface area contributed by atoms with Crippen LogP contribution in [0, 0.1) is 6.92 Å². The van der Waals surface area contributed by atoms with Crippen LogP contribution < -0.4 is 5.32 Å². The molecule has 0 aliphatic rings. The maximum Gasteiger partial charge on any atom is 0.221 e. The van der Waals surface area contributed by atoms with Gasteiger partial charge in [0.05, 0.1) is 6.04 Å². The fraction of sp³-hybridized carbons (Fsp3) is 0.222. The van der Waals surface area contributed by atoms with Crippen LogP contribution in [0.25, 0.3) is 10.9 Å². The minimum atomic E-state index is -0.0233. The topological polar surface area (TPSA) is 34.0 Å². The molecule has 3 nitrogen and oxygen atoms in total. The van der Waals surface area contributed by atoms with Crippen LogP contribution in [0.1, 0.15) is 47.6 Å². The summed E-state index contributed by atoms with van der Waals surface area (Å²) in [5.74, 6) is 0.0598. The molecule has 0 aliphatic heterocycles. The molecule has 0 radical (unpaired) electrons. The van der Waals surface area contributed by atoms with Gasteiger partial charge in [-0.25, -0.2) is 0 Å². The third-order valence-electron chi connectivity index (χ3n) is 5.85. The number of fused-ring (bicyclic) bond motifs is 1. The van der Waals surface area contributed by atoms with E-state index in [-0.39, 0.29) is 17.9 Å². The lowest BCUT2D eigenvalue weighted by molar-refractivity contribution is -0.121. The van der Waals surface area contributed by atoms with Crippen LogP contribution in [0.2, 0.25) is 0 Å². The van der Waals surface area contributed by atoms with Crippen molar-refractivity contribution in [3.05, 3.63) is 107 Å². The highest BCUT2D eigenvalue weighted by atomic mass is 16.1. The van der Waals surface area contributed by atoms with E-state index < -0.39 is 0 Å². The van der Waals surface area contributed by atoms with Crippen molar-refractivity contribution in [2.45, 2.75) is 32.2 Å². The Morgan fingerprint density at radius 2 is 1.57 bits per heavy atom. The smallest absolute Gasteiger partial charge is 0.221 e. The lowest BCUT2D eigenvalue weighted by Crippen LogP contribution is -2.28. The first-order valence-electron chi connectivity index (χ1n) is 10.5. The summed E-state index contributed by atoms with van der Waals surface area (Å²) in [5.41, 5.74) is 5.88. The Morgan fingerprint density at radius 1 is 0.900 bits per heavy atom. The molecular weight excluding hydrogens is 368 g/mol. The molecule has 0 fully saturated rings.